The number of hydrogen-bond donors (Lipinski definition) is 1. The lowest BCUT2D eigenvalue weighted by Gasteiger charge is -2.11. The van der Waals surface area contributed by atoms with Crippen molar-refractivity contribution in [3.63, 3.8) is 0 Å². The van der Waals surface area contributed by atoms with Gasteiger partial charge in [0.05, 0.1) is 7.05 Å². The molecule has 0 aliphatic carbocycles. The van der Waals surface area contributed by atoms with Gasteiger partial charge in [-0.15, -0.1) is 12.4 Å². The van der Waals surface area contributed by atoms with Crippen molar-refractivity contribution in [1.29, 1.82) is 0 Å². The second kappa shape index (κ2) is 8.82. The van der Waals surface area contributed by atoms with Crippen LogP contribution in [0.15, 0.2) is 30.6 Å². The largest absolute Gasteiger partial charge is 0.370 e. The van der Waals surface area contributed by atoms with E-state index >= 15 is 0 Å². The Morgan fingerprint density at radius 1 is 1.24 bits per heavy atom. The van der Waals surface area contributed by atoms with E-state index in [1.807, 2.05) is 30.6 Å². The van der Waals surface area contributed by atoms with E-state index in [1.54, 1.807) is 16.7 Å². The number of urea groups is 1. The molecule has 0 bridgehead atoms. The van der Waals surface area contributed by atoms with Crippen molar-refractivity contribution in [2.24, 2.45) is 0 Å². The zero-order valence-corrected chi connectivity index (χ0v) is 11.2. The molecule has 2 amide bonds. The van der Waals surface area contributed by atoms with Gasteiger partial charge in [0.2, 0.25) is 0 Å². The Balaban J connectivity index is 0.00000256. The molecule has 0 aliphatic heterocycles. The van der Waals surface area contributed by atoms with Gasteiger partial charge in [-0.2, -0.15) is 0 Å². The molecular formula is C12H21ClN3O+. The molecule has 0 aliphatic rings. The van der Waals surface area contributed by atoms with Crippen LogP contribution >= 0.6 is 12.4 Å². The van der Waals surface area contributed by atoms with Gasteiger partial charge in [0, 0.05) is 18.7 Å². The number of carbonyl (C=O) groups is 1. The van der Waals surface area contributed by atoms with E-state index in [0.29, 0.717) is 0 Å². The number of rotatable bonds is 5. The lowest BCUT2D eigenvalue weighted by molar-refractivity contribution is -0.679. The number of carbonyl (C=O) groups excluding carboxylic acids is 1. The van der Waals surface area contributed by atoms with Crippen LogP contribution < -0.4 is 15.0 Å². The lowest BCUT2D eigenvalue weighted by atomic mass is 10.2. The smallest absolute Gasteiger partial charge is 0.334 e. The molecule has 1 heterocycles. The van der Waals surface area contributed by atoms with Gasteiger partial charge < -0.3 is 5.32 Å². The maximum Gasteiger partial charge on any atom is 0.370 e. The van der Waals surface area contributed by atoms with Crippen molar-refractivity contribution in [1.82, 2.24) is 5.32 Å². The summed E-state index contributed by atoms with van der Waals surface area (Å²) in [6, 6.07) is 5.62. The third-order valence-electron chi connectivity index (χ3n) is 2.40. The first-order valence-corrected chi connectivity index (χ1v) is 5.74. The minimum absolute atomic E-state index is 0. The van der Waals surface area contributed by atoms with E-state index in [0.717, 1.165) is 19.4 Å². The molecule has 1 aromatic heterocycles. The number of halogens is 1. The monoisotopic (exact) mass is 258 g/mol. The van der Waals surface area contributed by atoms with Gasteiger partial charge in [0.15, 0.2) is 12.4 Å². The average molecular weight is 259 g/mol. The molecule has 0 atom stereocenters. The predicted octanol–water partition coefficient (Wildman–Crippen LogP) is 1.86. The van der Waals surface area contributed by atoms with Crippen LogP contribution in [-0.2, 0) is 0 Å². The summed E-state index contributed by atoms with van der Waals surface area (Å²) in [5.41, 5.74) is 0. The molecule has 0 fully saturated rings. The van der Waals surface area contributed by atoms with Gasteiger partial charge in [0.25, 0.3) is 0 Å². The fraction of sp³-hybridized carbons (Fsp3) is 0.500. The van der Waals surface area contributed by atoms with Gasteiger partial charge >= 0.3 is 6.03 Å². The molecule has 4 nitrogen and oxygen atoms in total. The maximum absolute atomic E-state index is 11.7. The Labute approximate surface area is 109 Å². The first-order valence-electron chi connectivity index (χ1n) is 5.74. The SMILES string of the molecule is CCCCCNC(=O)N(C)[n+]1ccccc1.Cl. The number of nitrogens with zero attached hydrogens (tertiary/aromatic N) is 2. The lowest BCUT2D eigenvalue weighted by Crippen LogP contribution is -2.61. The zero-order valence-electron chi connectivity index (χ0n) is 10.4. The molecule has 0 spiro atoms. The summed E-state index contributed by atoms with van der Waals surface area (Å²) in [4.78, 5) is 11.7. The topological polar surface area (TPSA) is 36.2 Å². The van der Waals surface area contributed by atoms with Gasteiger partial charge in [0.1, 0.15) is 0 Å². The van der Waals surface area contributed by atoms with Crippen molar-refractivity contribution in [3.05, 3.63) is 30.6 Å². The van der Waals surface area contributed by atoms with Gasteiger partial charge in [-0.1, -0.05) is 35.5 Å². The van der Waals surface area contributed by atoms with Crippen LogP contribution in [-0.4, -0.2) is 19.6 Å². The predicted molar refractivity (Wildman–Crippen MR) is 70.9 cm³/mol. The first kappa shape index (κ1) is 15.7. The number of aromatic nitrogens is 1. The third kappa shape index (κ3) is 5.54. The van der Waals surface area contributed by atoms with Gasteiger partial charge in [-0.3, -0.25) is 0 Å². The van der Waals surface area contributed by atoms with Crippen molar-refractivity contribution in [3.8, 4) is 0 Å². The van der Waals surface area contributed by atoms with Crippen LogP contribution in [0.25, 0.3) is 0 Å². The molecule has 0 saturated carbocycles. The van der Waals surface area contributed by atoms with Crippen LogP contribution in [0.1, 0.15) is 26.2 Å². The normalized spacial score (nSPS) is 9.29. The number of unbranched alkanes of at least 4 members (excludes halogenated alkanes) is 2. The van der Waals surface area contributed by atoms with Crippen LogP contribution in [0.3, 0.4) is 0 Å². The zero-order chi connectivity index (χ0) is 11.8. The fourth-order valence-corrected chi connectivity index (χ4v) is 1.38. The summed E-state index contributed by atoms with van der Waals surface area (Å²) >= 11 is 0. The summed E-state index contributed by atoms with van der Waals surface area (Å²) in [6.45, 7) is 2.89. The Bertz CT molecular complexity index is 319. The summed E-state index contributed by atoms with van der Waals surface area (Å²) in [5, 5.41) is 4.43. The van der Waals surface area contributed by atoms with E-state index < -0.39 is 0 Å². The molecule has 0 radical (unpaired) electrons. The summed E-state index contributed by atoms with van der Waals surface area (Å²) in [7, 11) is 1.75. The van der Waals surface area contributed by atoms with E-state index in [4.69, 9.17) is 0 Å². The standard InChI is InChI=1S/C12H19N3O.ClH/c1-3-4-6-9-13-12(16)14(2)15-10-7-5-8-11-15;/h5,7-8,10-11H,3-4,6,9H2,1-2H3;1H/p+1. The molecule has 96 valence electrons. The number of pyridine rings is 1. The second-order valence-corrected chi connectivity index (χ2v) is 3.72. The first-order chi connectivity index (χ1) is 7.75. The van der Waals surface area contributed by atoms with Crippen molar-refractivity contribution in [2.75, 3.05) is 18.6 Å². The second-order valence-electron chi connectivity index (χ2n) is 3.72. The molecule has 1 aromatic rings. The molecule has 1 rings (SSSR count). The van der Waals surface area contributed by atoms with Gasteiger partial charge in [-0.05, 0) is 6.42 Å². The summed E-state index contributed by atoms with van der Waals surface area (Å²) < 4.78 is 1.75. The Hall–Kier alpha value is -1.29. The van der Waals surface area contributed by atoms with Crippen molar-refractivity contribution in [2.45, 2.75) is 26.2 Å². The number of amides is 2. The Kier molecular flexibility index (Phi) is 8.15. The quantitative estimate of drug-likeness (QED) is 0.635. The number of nitrogens with one attached hydrogen (secondary N) is 1. The van der Waals surface area contributed by atoms with E-state index in [9.17, 15) is 4.79 Å². The molecule has 1 N–H and O–H groups in total. The minimum Gasteiger partial charge on any atom is -0.334 e. The minimum atomic E-state index is -0.0766. The van der Waals surface area contributed by atoms with Crippen LogP contribution in [0.2, 0.25) is 0 Å². The van der Waals surface area contributed by atoms with Gasteiger partial charge in [-0.25, -0.2) is 4.79 Å². The van der Waals surface area contributed by atoms with Crippen LogP contribution in [0.4, 0.5) is 4.79 Å². The average Bonchev–Trinajstić information content (AvgIpc) is 2.34. The highest BCUT2D eigenvalue weighted by atomic mass is 35.5. The highest BCUT2D eigenvalue weighted by molar-refractivity contribution is 5.85. The molecule has 0 saturated heterocycles. The highest BCUT2D eigenvalue weighted by Crippen LogP contribution is 1.91. The van der Waals surface area contributed by atoms with Crippen molar-refractivity contribution < 1.29 is 9.47 Å². The Morgan fingerprint density at radius 3 is 2.47 bits per heavy atom. The van der Waals surface area contributed by atoms with E-state index in [1.165, 1.54) is 6.42 Å². The summed E-state index contributed by atoms with van der Waals surface area (Å²) in [5.74, 6) is 0. The molecule has 0 unspecified atom stereocenters. The third-order valence-corrected chi connectivity index (χ3v) is 2.40. The molecule has 0 aromatic carbocycles. The Morgan fingerprint density at radius 2 is 1.88 bits per heavy atom. The van der Waals surface area contributed by atoms with E-state index in [-0.39, 0.29) is 18.4 Å². The maximum atomic E-state index is 11.7. The highest BCUT2D eigenvalue weighted by Gasteiger charge is 2.15. The van der Waals surface area contributed by atoms with E-state index in [2.05, 4.69) is 12.2 Å². The fourth-order valence-electron chi connectivity index (χ4n) is 1.38. The summed E-state index contributed by atoms with van der Waals surface area (Å²) in [6.07, 6.45) is 7.04. The molecular weight excluding hydrogens is 238 g/mol. The number of hydrogen-bond acceptors (Lipinski definition) is 1. The molecule has 17 heavy (non-hydrogen) atoms. The van der Waals surface area contributed by atoms with Crippen LogP contribution in [0, 0.1) is 0 Å². The molecule has 5 heteroatoms. The van der Waals surface area contributed by atoms with Crippen LogP contribution in [0.5, 0.6) is 0 Å². The van der Waals surface area contributed by atoms with Crippen molar-refractivity contribution >= 4 is 18.4 Å².